The molecule has 0 aliphatic heterocycles. The maximum absolute atomic E-state index is 13.7. The highest BCUT2D eigenvalue weighted by Gasteiger charge is 2.16. The maximum atomic E-state index is 13.7. The van der Waals surface area contributed by atoms with E-state index in [0.29, 0.717) is 33.4 Å². The molecule has 0 saturated carbocycles. The summed E-state index contributed by atoms with van der Waals surface area (Å²) in [4.78, 5) is 12.7. The summed E-state index contributed by atoms with van der Waals surface area (Å²) in [5, 5.41) is 0.671. The fourth-order valence-corrected chi connectivity index (χ4v) is 2.80. The van der Waals surface area contributed by atoms with E-state index in [9.17, 15) is 9.18 Å². The van der Waals surface area contributed by atoms with E-state index in [4.69, 9.17) is 9.15 Å². The van der Waals surface area contributed by atoms with E-state index in [2.05, 4.69) is 0 Å². The van der Waals surface area contributed by atoms with E-state index < -0.39 is 0 Å². The average molecular weight is 346 g/mol. The molecule has 0 bridgehead atoms. The number of carbonyl (C=O) groups is 1. The van der Waals surface area contributed by atoms with Gasteiger partial charge < -0.3 is 9.15 Å². The summed E-state index contributed by atoms with van der Waals surface area (Å²) in [7, 11) is 0. The third kappa shape index (κ3) is 3.09. The van der Waals surface area contributed by atoms with Crippen LogP contribution in [0.4, 0.5) is 4.39 Å². The molecule has 4 heteroatoms. The van der Waals surface area contributed by atoms with Gasteiger partial charge in [-0.2, -0.15) is 0 Å². The number of rotatable bonds is 5. The molecule has 3 nitrogen and oxygen atoms in total. The van der Waals surface area contributed by atoms with Gasteiger partial charge in [0.15, 0.2) is 5.78 Å². The van der Waals surface area contributed by atoms with Gasteiger partial charge in [0.2, 0.25) is 0 Å². The first-order valence-electron chi connectivity index (χ1n) is 8.19. The SMILES string of the molecule is O=C(c1ccccc1)c1coc2ccc(OCc3ccccc3F)cc12. The predicted octanol–water partition coefficient (Wildman–Crippen LogP) is 5.38. The van der Waals surface area contributed by atoms with Gasteiger partial charge in [-0.05, 0) is 24.3 Å². The Morgan fingerprint density at radius 2 is 1.73 bits per heavy atom. The number of halogens is 1. The molecule has 0 amide bonds. The first-order chi connectivity index (χ1) is 12.7. The Kier molecular flexibility index (Phi) is 4.23. The fraction of sp³-hybridized carbons (Fsp3) is 0.0455. The number of hydrogen-bond donors (Lipinski definition) is 0. The van der Waals surface area contributed by atoms with Gasteiger partial charge in [-0.1, -0.05) is 48.5 Å². The zero-order valence-electron chi connectivity index (χ0n) is 13.8. The standard InChI is InChI=1S/C22H15FO3/c23-20-9-5-4-8-16(20)13-25-17-10-11-21-18(12-17)19(14-26-21)22(24)15-6-2-1-3-7-15/h1-12,14H,13H2. The van der Waals surface area contributed by atoms with Crippen molar-refractivity contribution in [3.8, 4) is 5.75 Å². The first kappa shape index (κ1) is 16.1. The second kappa shape index (κ2) is 6.84. The molecule has 1 heterocycles. The highest BCUT2D eigenvalue weighted by molar-refractivity contribution is 6.16. The van der Waals surface area contributed by atoms with E-state index >= 15 is 0 Å². The quantitative estimate of drug-likeness (QED) is 0.455. The molecular formula is C22H15FO3. The van der Waals surface area contributed by atoms with Crippen LogP contribution >= 0.6 is 0 Å². The van der Waals surface area contributed by atoms with E-state index in [0.717, 1.165) is 0 Å². The third-order valence-electron chi connectivity index (χ3n) is 4.18. The van der Waals surface area contributed by atoms with Gasteiger partial charge in [-0.25, -0.2) is 4.39 Å². The van der Waals surface area contributed by atoms with Crippen molar-refractivity contribution in [2.75, 3.05) is 0 Å². The molecule has 0 aliphatic carbocycles. The normalized spacial score (nSPS) is 10.8. The van der Waals surface area contributed by atoms with Gasteiger partial charge in [0.1, 0.15) is 30.0 Å². The van der Waals surface area contributed by atoms with E-state index in [-0.39, 0.29) is 18.2 Å². The molecule has 128 valence electrons. The van der Waals surface area contributed by atoms with Crippen molar-refractivity contribution >= 4 is 16.8 Å². The number of hydrogen-bond acceptors (Lipinski definition) is 3. The molecular weight excluding hydrogens is 331 g/mol. The Bertz CT molecular complexity index is 1070. The molecule has 0 atom stereocenters. The summed E-state index contributed by atoms with van der Waals surface area (Å²) in [6.07, 6.45) is 1.46. The summed E-state index contributed by atoms with van der Waals surface area (Å²) >= 11 is 0. The number of fused-ring (bicyclic) bond motifs is 1. The second-order valence-corrected chi connectivity index (χ2v) is 5.88. The highest BCUT2D eigenvalue weighted by Crippen LogP contribution is 2.28. The van der Waals surface area contributed by atoms with Crippen LogP contribution in [0.1, 0.15) is 21.5 Å². The first-order valence-corrected chi connectivity index (χ1v) is 8.19. The number of furan rings is 1. The minimum absolute atomic E-state index is 0.109. The predicted molar refractivity (Wildman–Crippen MR) is 96.8 cm³/mol. The van der Waals surface area contributed by atoms with Crippen molar-refractivity contribution in [3.63, 3.8) is 0 Å². The second-order valence-electron chi connectivity index (χ2n) is 5.88. The van der Waals surface area contributed by atoms with Crippen molar-refractivity contribution in [2.45, 2.75) is 6.61 Å². The summed E-state index contributed by atoms with van der Waals surface area (Å²) < 4.78 is 24.9. The summed E-state index contributed by atoms with van der Waals surface area (Å²) in [6.45, 7) is 0.109. The monoisotopic (exact) mass is 346 g/mol. The lowest BCUT2D eigenvalue weighted by Gasteiger charge is -2.07. The maximum Gasteiger partial charge on any atom is 0.196 e. The van der Waals surface area contributed by atoms with Crippen LogP contribution in [0.2, 0.25) is 0 Å². The Balaban J connectivity index is 1.62. The van der Waals surface area contributed by atoms with Gasteiger partial charge >= 0.3 is 0 Å². The molecule has 4 rings (SSSR count). The topological polar surface area (TPSA) is 39.4 Å². The number of benzene rings is 3. The van der Waals surface area contributed by atoms with Crippen molar-refractivity contribution in [1.82, 2.24) is 0 Å². The molecule has 0 saturated heterocycles. The third-order valence-corrected chi connectivity index (χ3v) is 4.18. The van der Waals surface area contributed by atoms with Crippen molar-refractivity contribution in [2.24, 2.45) is 0 Å². The van der Waals surface area contributed by atoms with Crippen molar-refractivity contribution in [1.29, 1.82) is 0 Å². The summed E-state index contributed by atoms with van der Waals surface area (Å²) in [5.74, 6) is 0.122. The molecule has 26 heavy (non-hydrogen) atoms. The van der Waals surface area contributed by atoms with Crippen LogP contribution in [0.3, 0.4) is 0 Å². The van der Waals surface area contributed by atoms with Crippen LogP contribution in [0.5, 0.6) is 5.75 Å². The van der Waals surface area contributed by atoms with Gasteiger partial charge in [0, 0.05) is 16.5 Å². The largest absolute Gasteiger partial charge is 0.489 e. The molecule has 0 spiro atoms. The Hall–Kier alpha value is -3.40. The lowest BCUT2D eigenvalue weighted by atomic mass is 10.0. The number of ketones is 1. The number of ether oxygens (including phenoxy) is 1. The van der Waals surface area contributed by atoms with Gasteiger partial charge in [0.05, 0.1) is 5.56 Å². The summed E-state index contributed by atoms with van der Waals surface area (Å²) in [6, 6.07) is 20.7. The Labute approximate surface area is 149 Å². The molecule has 1 aromatic heterocycles. The van der Waals surface area contributed by atoms with Gasteiger partial charge in [0.25, 0.3) is 0 Å². The van der Waals surface area contributed by atoms with Gasteiger partial charge in [-0.3, -0.25) is 4.79 Å². The zero-order valence-corrected chi connectivity index (χ0v) is 13.8. The van der Waals surface area contributed by atoms with Crippen LogP contribution in [0.25, 0.3) is 11.0 Å². The van der Waals surface area contributed by atoms with Crippen LogP contribution in [-0.2, 0) is 6.61 Å². The molecule has 0 N–H and O–H groups in total. The Morgan fingerprint density at radius 3 is 2.54 bits per heavy atom. The molecule has 0 radical (unpaired) electrons. The van der Waals surface area contributed by atoms with Crippen LogP contribution in [0, 0.1) is 5.82 Å². The average Bonchev–Trinajstić information content (AvgIpc) is 3.11. The molecule has 3 aromatic carbocycles. The molecule has 0 aliphatic rings. The smallest absolute Gasteiger partial charge is 0.196 e. The lowest BCUT2D eigenvalue weighted by Crippen LogP contribution is -2.00. The molecule has 0 fully saturated rings. The van der Waals surface area contributed by atoms with E-state index in [1.54, 1.807) is 48.5 Å². The molecule has 0 unspecified atom stereocenters. The minimum Gasteiger partial charge on any atom is -0.489 e. The zero-order chi connectivity index (χ0) is 17.9. The summed E-state index contributed by atoms with van der Waals surface area (Å²) in [5.41, 5.74) is 2.14. The number of carbonyl (C=O) groups excluding carboxylic acids is 1. The lowest BCUT2D eigenvalue weighted by molar-refractivity contribution is 0.103. The van der Waals surface area contributed by atoms with E-state index in [1.807, 2.05) is 18.2 Å². The minimum atomic E-state index is -0.308. The van der Waals surface area contributed by atoms with Gasteiger partial charge in [-0.15, -0.1) is 0 Å². The van der Waals surface area contributed by atoms with Crippen LogP contribution in [0.15, 0.2) is 83.5 Å². The van der Waals surface area contributed by atoms with E-state index in [1.165, 1.54) is 12.3 Å². The van der Waals surface area contributed by atoms with Crippen molar-refractivity contribution < 1.29 is 18.3 Å². The fourth-order valence-electron chi connectivity index (χ4n) is 2.80. The highest BCUT2D eigenvalue weighted by atomic mass is 19.1. The van der Waals surface area contributed by atoms with Crippen molar-refractivity contribution in [3.05, 3.63) is 102 Å². The molecule has 4 aromatic rings. The Morgan fingerprint density at radius 1 is 0.962 bits per heavy atom. The van der Waals surface area contributed by atoms with Crippen LogP contribution < -0.4 is 4.74 Å². The van der Waals surface area contributed by atoms with Crippen LogP contribution in [-0.4, -0.2) is 5.78 Å².